The number of hydrazone groups is 1. The van der Waals surface area contributed by atoms with Crippen LogP contribution in [-0.4, -0.2) is 44.6 Å². The Balaban J connectivity index is 1.32. The van der Waals surface area contributed by atoms with Crippen molar-refractivity contribution in [1.82, 2.24) is 5.01 Å². The molecule has 174 valence electrons. The number of carboxylic acid groups (broad SMARTS) is 1. The summed E-state index contributed by atoms with van der Waals surface area (Å²) < 4.78 is 11.6. The Bertz CT molecular complexity index is 1450. The topological polar surface area (TPSA) is 129 Å². The summed E-state index contributed by atoms with van der Waals surface area (Å²) in [6, 6.07) is 17.3. The lowest BCUT2D eigenvalue weighted by Crippen LogP contribution is -2.35. The molecule has 5 rings (SSSR count). The quantitative estimate of drug-likeness (QED) is 0.485. The van der Waals surface area contributed by atoms with Crippen LogP contribution in [0.2, 0.25) is 0 Å². The summed E-state index contributed by atoms with van der Waals surface area (Å²) in [5.74, 6) is -0.122. The van der Waals surface area contributed by atoms with Gasteiger partial charge in [0.15, 0.2) is 5.84 Å². The van der Waals surface area contributed by atoms with E-state index < -0.39 is 11.9 Å². The van der Waals surface area contributed by atoms with Crippen molar-refractivity contribution in [3.63, 3.8) is 0 Å². The predicted octanol–water partition coefficient (Wildman–Crippen LogP) is 4.65. The van der Waals surface area contributed by atoms with Crippen LogP contribution < -0.4 is 4.74 Å². The van der Waals surface area contributed by atoms with Gasteiger partial charge in [-0.1, -0.05) is 24.3 Å². The smallest absolute Gasteiger partial charge is 0.335 e. The number of fused-ring (bicyclic) bond motifs is 1. The lowest BCUT2D eigenvalue weighted by molar-refractivity contribution is -0.114. The first-order chi connectivity index (χ1) is 16.9. The number of aromatic carboxylic acids is 1. The summed E-state index contributed by atoms with van der Waals surface area (Å²) in [5, 5.41) is 24.1. The van der Waals surface area contributed by atoms with Crippen molar-refractivity contribution in [3.05, 3.63) is 83.1 Å². The largest absolute Gasteiger partial charge is 0.487 e. The Kier molecular flexibility index (Phi) is 5.79. The highest BCUT2D eigenvalue weighted by atomic mass is 32.2. The highest BCUT2D eigenvalue weighted by molar-refractivity contribution is 8.27. The van der Waals surface area contributed by atoms with Crippen LogP contribution in [0.3, 0.4) is 0 Å². The van der Waals surface area contributed by atoms with E-state index in [4.69, 9.17) is 19.7 Å². The maximum absolute atomic E-state index is 12.6. The van der Waals surface area contributed by atoms with Crippen molar-refractivity contribution in [2.24, 2.45) is 10.1 Å². The fourth-order valence-electron chi connectivity index (χ4n) is 3.45. The molecule has 0 bridgehead atoms. The lowest BCUT2D eigenvalue weighted by Gasteiger charge is -2.19. The molecule has 35 heavy (non-hydrogen) atoms. The molecule has 2 aromatic carbocycles. The molecule has 0 unspecified atom stereocenters. The van der Waals surface area contributed by atoms with E-state index in [1.807, 2.05) is 31.2 Å². The summed E-state index contributed by atoms with van der Waals surface area (Å²) in [5.41, 5.74) is 1.97. The van der Waals surface area contributed by atoms with Crippen LogP contribution >= 0.6 is 11.8 Å². The van der Waals surface area contributed by atoms with E-state index in [-0.39, 0.29) is 23.6 Å². The monoisotopic (exact) mass is 486 g/mol. The van der Waals surface area contributed by atoms with Gasteiger partial charge >= 0.3 is 5.97 Å². The van der Waals surface area contributed by atoms with Gasteiger partial charge in [-0.3, -0.25) is 10.2 Å². The molecule has 2 aliphatic rings. The van der Waals surface area contributed by atoms with Crippen LogP contribution in [0.15, 0.2) is 80.7 Å². The molecule has 0 saturated carbocycles. The number of amidine groups is 2. The summed E-state index contributed by atoms with van der Waals surface area (Å²) in [6.07, 6.45) is 1.45. The normalized spacial score (nSPS) is 16.3. The van der Waals surface area contributed by atoms with E-state index >= 15 is 0 Å². The Morgan fingerprint density at radius 2 is 2.00 bits per heavy atom. The number of aliphatic imine (C=N–C) groups is 1. The number of thioether (sulfide) groups is 1. The van der Waals surface area contributed by atoms with E-state index in [2.05, 4.69) is 10.1 Å². The molecular weight excluding hydrogens is 468 g/mol. The van der Waals surface area contributed by atoms with Gasteiger partial charge in [0.2, 0.25) is 5.17 Å². The molecule has 3 aromatic rings. The number of carbonyl (C=O) groups excluding carboxylic acids is 1. The second-order valence-electron chi connectivity index (χ2n) is 7.70. The first-order valence-electron chi connectivity index (χ1n) is 10.5. The molecule has 0 fully saturated rings. The fraction of sp³-hybridized carbons (Fsp3) is 0.0800. The third kappa shape index (κ3) is 4.64. The third-order valence-electron chi connectivity index (χ3n) is 5.18. The highest BCUT2D eigenvalue weighted by Gasteiger charge is 2.36. The van der Waals surface area contributed by atoms with Gasteiger partial charge in [0, 0.05) is 5.56 Å². The van der Waals surface area contributed by atoms with Crippen molar-refractivity contribution in [3.8, 4) is 17.1 Å². The number of furan rings is 1. The van der Waals surface area contributed by atoms with Crippen molar-refractivity contribution < 1.29 is 23.8 Å². The Hall–Kier alpha value is -4.44. The van der Waals surface area contributed by atoms with Gasteiger partial charge in [-0.25, -0.2) is 4.79 Å². The molecule has 2 N–H and O–H groups in total. The van der Waals surface area contributed by atoms with Gasteiger partial charge in [0.05, 0.1) is 11.1 Å². The highest BCUT2D eigenvalue weighted by Crippen LogP contribution is 2.30. The van der Waals surface area contributed by atoms with E-state index in [9.17, 15) is 9.59 Å². The number of amides is 1. The average molecular weight is 487 g/mol. The lowest BCUT2D eigenvalue weighted by atomic mass is 10.1. The zero-order valence-corrected chi connectivity index (χ0v) is 19.2. The Labute approximate surface area is 203 Å². The molecular formula is C25H18N4O5S. The molecule has 3 heterocycles. The molecule has 0 aliphatic carbocycles. The number of benzene rings is 2. The summed E-state index contributed by atoms with van der Waals surface area (Å²) in [7, 11) is 0. The molecule has 0 radical (unpaired) electrons. The standard InChI is InChI=1S/C25H18N4O5S/c1-14-3-2-4-17(11-14)33-13-21-28-29-22(26)19(23(30)27-25(29)35-21)12-18-9-10-20(34-18)15-5-7-16(8-6-15)24(31)32/h2-12,26H,13H2,1H3,(H,31,32)/b19-12+,26-22?. The average Bonchev–Trinajstić information content (AvgIpc) is 3.48. The van der Waals surface area contributed by atoms with Gasteiger partial charge in [-0.15, -0.1) is 0 Å². The van der Waals surface area contributed by atoms with Gasteiger partial charge in [-0.2, -0.15) is 15.1 Å². The number of hydrogen-bond acceptors (Lipinski definition) is 7. The minimum absolute atomic E-state index is 0.0427. The zero-order chi connectivity index (χ0) is 24.5. The van der Waals surface area contributed by atoms with E-state index in [0.29, 0.717) is 33.0 Å². The van der Waals surface area contributed by atoms with Gasteiger partial charge in [-0.05, 0) is 66.7 Å². The molecule has 1 aromatic heterocycles. The molecule has 0 atom stereocenters. The number of aryl methyl sites for hydroxylation is 1. The third-order valence-corrected chi connectivity index (χ3v) is 6.06. The first-order valence-corrected chi connectivity index (χ1v) is 11.3. The number of ether oxygens (including phenoxy) is 1. The van der Waals surface area contributed by atoms with Gasteiger partial charge in [0.1, 0.15) is 28.9 Å². The second kappa shape index (κ2) is 9.07. The first kappa shape index (κ1) is 22.4. The number of rotatable bonds is 6. The summed E-state index contributed by atoms with van der Waals surface area (Å²) >= 11 is 1.19. The number of carboxylic acids is 1. The SMILES string of the molecule is Cc1cccc(OCC2=NN3C(=N)/C(=C\c4ccc(-c5ccc(C(=O)O)cc5)o4)C(=O)N=C3S2)c1. The molecule has 1 amide bonds. The summed E-state index contributed by atoms with van der Waals surface area (Å²) in [6.45, 7) is 2.16. The van der Waals surface area contributed by atoms with E-state index in [1.165, 1.54) is 35.0 Å². The summed E-state index contributed by atoms with van der Waals surface area (Å²) in [4.78, 5) is 27.7. The van der Waals surface area contributed by atoms with Gasteiger partial charge < -0.3 is 14.3 Å². The number of nitrogens with one attached hydrogen (secondary N) is 1. The van der Waals surface area contributed by atoms with E-state index in [1.54, 1.807) is 24.3 Å². The van der Waals surface area contributed by atoms with Gasteiger partial charge in [0.25, 0.3) is 5.91 Å². The molecule has 2 aliphatic heterocycles. The minimum Gasteiger partial charge on any atom is -0.487 e. The molecule has 0 saturated heterocycles. The van der Waals surface area contributed by atoms with Crippen molar-refractivity contribution in [2.75, 3.05) is 6.61 Å². The molecule has 9 nitrogen and oxygen atoms in total. The van der Waals surface area contributed by atoms with Crippen LogP contribution in [0.5, 0.6) is 5.75 Å². The van der Waals surface area contributed by atoms with Crippen LogP contribution in [0.25, 0.3) is 17.4 Å². The minimum atomic E-state index is -1.01. The van der Waals surface area contributed by atoms with Crippen molar-refractivity contribution >= 4 is 45.8 Å². The number of hydrogen-bond donors (Lipinski definition) is 2. The molecule has 10 heteroatoms. The van der Waals surface area contributed by atoms with Crippen molar-refractivity contribution in [1.29, 1.82) is 5.41 Å². The van der Waals surface area contributed by atoms with Crippen molar-refractivity contribution in [2.45, 2.75) is 6.92 Å². The fourth-order valence-corrected chi connectivity index (χ4v) is 4.24. The maximum Gasteiger partial charge on any atom is 0.335 e. The second-order valence-corrected chi connectivity index (χ2v) is 8.74. The predicted molar refractivity (Wildman–Crippen MR) is 133 cm³/mol. The van der Waals surface area contributed by atoms with Crippen LogP contribution in [0.4, 0.5) is 0 Å². The van der Waals surface area contributed by atoms with E-state index in [0.717, 1.165) is 5.56 Å². The number of carbonyl (C=O) groups is 2. The zero-order valence-electron chi connectivity index (χ0n) is 18.4. The molecule has 0 spiro atoms. The Morgan fingerprint density at radius 3 is 2.74 bits per heavy atom. The number of nitrogens with zero attached hydrogens (tertiary/aromatic N) is 3. The van der Waals surface area contributed by atoms with Crippen LogP contribution in [0, 0.1) is 12.3 Å². The maximum atomic E-state index is 12.6. The van der Waals surface area contributed by atoms with Crippen LogP contribution in [-0.2, 0) is 4.79 Å². The van der Waals surface area contributed by atoms with Crippen LogP contribution in [0.1, 0.15) is 21.7 Å². The Morgan fingerprint density at radius 1 is 1.20 bits per heavy atom.